The maximum Gasteiger partial charge on any atom is 0.107 e. The third-order valence-electron chi connectivity index (χ3n) is 6.30. The van der Waals surface area contributed by atoms with Crippen LogP contribution < -0.4 is 10.2 Å². The quantitative estimate of drug-likeness (QED) is 0.530. The normalized spacial score (nSPS) is 15.4. The molecule has 0 saturated carbocycles. The first-order valence-electron chi connectivity index (χ1n) is 11.9. The number of nitriles is 1. The van der Waals surface area contributed by atoms with Crippen molar-refractivity contribution in [2.75, 3.05) is 23.3 Å². The molecule has 0 bridgehead atoms. The van der Waals surface area contributed by atoms with Gasteiger partial charge in [-0.25, -0.2) is 0 Å². The standard InChI is InChI=1S/C26H37N3S/c1-3-29(4-2)22-17-15-21(16-18-22)20-28-26-24(19-27)23-13-11-9-7-5-6-8-10-12-14-25(23)30-26/h15-18,28H,3-14,20H2,1-2H3. The summed E-state index contributed by atoms with van der Waals surface area (Å²) in [6.45, 7) is 7.21. The lowest BCUT2D eigenvalue weighted by Gasteiger charge is -2.21. The van der Waals surface area contributed by atoms with Crippen LogP contribution in [0.2, 0.25) is 0 Å². The summed E-state index contributed by atoms with van der Waals surface area (Å²) in [4.78, 5) is 3.81. The van der Waals surface area contributed by atoms with Gasteiger partial charge in [0, 0.05) is 30.2 Å². The molecule has 4 heteroatoms. The Morgan fingerprint density at radius 3 is 2.10 bits per heavy atom. The highest BCUT2D eigenvalue weighted by atomic mass is 32.1. The topological polar surface area (TPSA) is 39.1 Å². The molecule has 0 radical (unpaired) electrons. The Hall–Kier alpha value is -1.99. The van der Waals surface area contributed by atoms with Crippen molar-refractivity contribution in [1.82, 2.24) is 0 Å². The fourth-order valence-electron chi connectivity index (χ4n) is 4.47. The van der Waals surface area contributed by atoms with Gasteiger partial charge in [0.05, 0.1) is 5.56 Å². The number of rotatable bonds is 6. The van der Waals surface area contributed by atoms with Gasteiger partial charge in [0.25, 0.3) is 0 Å². The number of nitrogens with zero attached hydrogens (tertiary/aromatic N) is 2. The van der Waals surface area contributed by atoms with E-state index in [0.29, 0.717) is 0 Å². The molecular formula is C26H37N3S. The monoisotopic (exact) mass is 423 g/mol. The number of hydrogen-bond acceptors (Lipinski definition) is 4. The number of benzene rings is 1. The van der Waals surface area contributed by atoms with E-state index in [1.165, 1.54) is 73.1 Å². The first-order chi connectivity index (χ1) is 14.8. The Morgan fingerprint density at radius 2 is 1.50 bits per heavy atom. The van der Waals surface area contributed by atoms with Gasteiger partial charge in [0.15, 0.2) is 0 Å². The van der Waals surface area contributed by atoms with Crippen molar-refractivity contribution >= 4 is 22.0 Å². The second-order valence-corrected chi connectivity index (χ2v) is 9.45. The van der Waals surface area contributed by atoms with Crippen LogP contribution in [0.25, 0.3) is 0 Å². The molecule has 1 aromatic carbocycles. The number of fused-ring (bicyclic) bond motifs is 1. The highest BCUT2D eigenvalue weighted by molar-refractivity contribution is 7.16. The molecule has 1 aliphatic carbocycles. The zero-order valence-electron chi connectivity index (χ0n) is 18.8. The van der Waals surface area contributed by atoms with Gasteiger partial charge in [-0.05, 0) is 62.8 Å². The summed E-state index contributed by atoms with van der Waals surface area (Å²) in [7, 11) is 0. The first-order valence-corrected chi connectivity index (χ1v) is 12.7. The minimum atomic E-state index is 0.770. The summed E-state index contributed by atoms with van der Waals surface area (Å²) < 4.78 is 0. The van der Waals surface area contributed by atoms with Crippen LogP contribution in [0, 0.1) is 11.3 Å². The minimum Gasteiger partial charge on any atom is -0.372 e. The van der Waals surface area contributed by atoms with Crippen LogP contribution in [0.1, 0.15) is 86.8 Å². The van der Waals surface area contributed by atoms with E-state index >= 15 is 0 Å². The lowest BCUT2D eigenvalue weighted by Crippen LogP contribution is -2.21. The fraction of sp³-hybridized carbons (Fsp3) is 0.577. The summed E-state index contributed by atoms with van der Waals surface area (Å²) in [5, 5.41) is 14.6. The molecule has 1 aromatic heterocycles. The van der Waals surface area contributed by atoms with E-state index < -0.39 is 0 Å². The molecule has 0 fully saturated rings. The molecule has 162 valence electrons. The van der Waals surface area contributed by atoms with Gasteiger partial charge < -0.3 is 10.2 Å². The molecule has 3 rings (SSSR count). The zero-order chi connectivity index (χ0) is 21.2. The molecule has 0 amide bonds. The summed E-state index contributed by atoms with van der Waals surface area (Å²) >= 11 is 1.83. The second-order valence-electron chi connectivity index (χ2n) is 8.34. The number of anilines is 2. The number of nitrogens with one attached hydrogen (secondary N) is 1. The maximum absolute atomic E-state index is 9.91. The molecular weight excluding hydrogens is 386 g/mol. The van der Waals surface area contributed by atoms with E-state index in [1.54, 1.807) is 0 Å². The second kappa shape index (κ2) is 12.0. The smallest absolute Gasteiger partial charge is 0.107 e. The highest BCUT2D eigenvalue weighted by Crippen LogP contribution is 2.36. The average Bonchev–Trinajstić information content (AvgIpc) is 3.10. The predicted molar refractivity (Wildman–Crippen MR) is 131 cm³/mol. The lowest BCUT2D eigenvalue weighted by atomic mass is 9.98. The van der Waals surface area contributed by atoms with Crippen LogP contribution in [0.5, 0.6) is 0 Å². The van der Waals surface area contributed by atoms with Crippen LogP contribution in [0.15, 0.2) is 24.3 Å². The Kier molecular flexibility index (Phi) is 9.08. The number of hydrogen-bond donors (Lipinski definition) is 1. The highest BCUT2D eigenvalue weighted by Gasteiger charge is 2.18. The average molecular weight is 424 g/mol. The third-order valence-corrected chi connectivity index (χ3v) is 7.55. The van der Waals surface area contributed by atoms with Crippen molar-refractivity contribution in [3.05, 3.63) is 45.8 Å². The molecule has 1 heterocycles. The summed E-state index contributed by atoms with van der Waals surface area (Å²) in [5.41, 5.74) is 4.78. The molecule has 30 heavy (non-hydrogen) atoms. The summed E-state index contributed by atoms with van der Waals surface area (Å²) in [6.07, 6.45) is 12.8. The van der Waals surface area contributed by atoms with E-state index in [2.05, 4.69) is 54.4 Å². The van der Waals surface area contributed by atoms with Crippen LogP contribution >= 0.6 is 11.3 Å². The molecule has 0 spiro atoms. The maximum atomic E-state index is 9.91. The van der Waals surface area contributed by atoms with E-state index in [-0.39, 0.29) is 0 Å². The molecule has 0 saturated heterocycles. The largest absolute Gasteiger partial charge is 0.372 e. The summed E-state index contributed by atoms with van der Waals surface area (Å²) in [6, 6.07) is 11.4. The first kappa shape index (κ1) is 22.7. The minimum absolute atomic E-state index is 0.770. The molecule has 0 unspecified atom stereocenters. The van der Waals surface area contributed by atoms with Crippen molar-refractivity contribution in [2.45, 2.75) is 84.6 Å². The fourth-order valence-corrected chi connectivity index (χ4v) is 5.70. The Morgan fingerprint density at radius 1 is 0.900 bits per heavy atom. The lowest BCUT2D eigenvalue weighted by molar-refractivity contribution is 0.561. The van der Waals surface area contributed by atoms with Crippen LogP contribution in [-0.4, -0.2) is 13.1 Å². The van der Waals surface area contributed by atoms with Gasteiger partial charge in [-0.3, -0.25) is 0 Å². The van der Waals surface area contributed by atoms with Crippen molar-refractivity contribution in [3.8, 4) is 6.07 Å². The molecule has 1 N–H and O–H groups in total. The van der Waals surface area contributed by atoms with Crippen molar-refractivity contribution in [3.63, 3.8) is 0 Å². The van der Waals surface area contributed by atoms with Gasteiger partial charge in [-0.1, -0.05) is 50.7 Å². The molecule has 0 atom stereocenters. The predicted octanol–water partition coefficient (Wildman–Crippen LogP) is 7.30. The molecule has 0 aliphatic heterocycles. The van der Waals surface area contributed by atoms with Gasteiger partial charge >= 0.3 is 0 Å². The van der Waals surface area contributed by atoms with Gasteiger partial charge in [-0.15, -0.1) is 11.3 Å². The van der Waals surface area contributed by atoms with Gasteiger partial charge in [0.2, 0.25) is 0 Å². The molecule has 2 aromatic rings. The Bertz CT molecular complexity index is 812. The number of thiophene rings is 1. The van der Waals surface area contributed by atoms with Crippen LogP contribution in [0.3, 0.4) is 0 Å². The van der Waals surface area contributed by atoms with Crippen LogP contribution in [-0.2, 0) is 19.4 Å². The molecule has 3 nitrogen and oxygen atoms in total. The zero-order valence-corrected chi connectivity index (χ0v) is 19.6. The number of aryl methyl sites for hydroxylation is 1. The summed E-state index contributed by atoms with van der Waals surface area (Å²) in [5.74, 6) is 0. The van der Waals surface area contributed by atoms with Gasteiger partial charge in [0.1, 0.15) is 11.1 Å². The van der Waals surface area contributed by atoms with Crippen LogP contribution in [0.4, 0.5) is 10.7 Å². The van der Waals surface area contributed by atoms with E-state index in [1.807, 2.05) is 11.3 Å². The van der Waals surface area contributed by atoms with Crippen molar-refractivity contribution in [1.29, 1.82) is 5.26 Å². The third kappa shape index (κ3) is 6.01. The van der Waals surface area contributed by atoms with Gasteiger partial charge in [-0.2, -0.15) is 5.26 Å². The van der Waals surface area contributed by atoms with E-state index in [4.69, 9.17) is 0 Å². The van der Waals surface area contributed by atoms with Crippen molar-refractivity contribution < 1.29 is 0 Å². The van der Waals surface area contributed by atoms with Crippen molar-refractivity contribution in [2.24, 2.45) is 0 Å². The Labute approximate surface area is 187 Å². The Balaban J connectivity index is 1.71. The van der Waals surface area contributed by atoms with E-state index in [9.17, 15) is 5.26 Å². The molecule has 1 aliphatic rings. The van der Waals surface area contributed by atoms with E-state index in [0.717, 1.165) is 43.0 Å². The SMILES string of the molecule is CCN(CC)c1ccc(CNc2sc3c(c2C#N)CCCCCCCCCC3)cc1.